The fourth-order valence-corrected chi connectivity index (χ4v) is 7.24. The number of hydrogen-bond acceptors (Lipinski definition) is 12. The monoisotopic (exact) mass is 781 g/mol. The summed E-state index contributed by atoms with van der Waals surface area (Å²) in [5.74, 6) is 2.47. The van der Waals surface area contributed by atoms with Gasteiger partial charge in [0.1, 0.15) is 23.1 Å². The maximum atomic E-state index is 16.1. The number of hydrogen-bond donors (Lipinski definition) is 0. The molecule has 3 aromatic heterocycles. The molecule has 0 aliphatic carbocycles. The standard InChI is InChI=1S/C44H44FN9O4/c1-51(27-32-5-4-17-46-24-32)42(55)33-10-15-39(38(45)23-33)54-18-16-37-40(49-44(50-41(37)54)52-19-21-58-22-20-52)34-25-47-43(48-26-34)53(28-30-6-11-35(56-2)12-7-30)29-31-8-13-36(57-3)14-9-31/h4-15,17,23-26H,16,18-22,27-29H2,1-3H3. The molecule has 1 amide bonds. The number of morpholine rings is 1. The van der Waals surface area contributed by atoms with Crippen molar-refractivity contribution in [3.63, 3.8) is 0 Å². The van der Waals surface area contributed by atoms with E-state index in [-0.39, 0.29) is 11.5 Å². The van der Waals surface area contributed by atoms with Gasteiger partial charge in [0.15, 0.2) is 0 Å². The molecule has 1 saturated heterocycles. The van der Waals surface area contributed by atoms with E-state index in [0.717, 1.165) is 39.3 Å². The lowest BCUT2D eigenvalue weighted by molar-refractivity contribution is 0.0784. The number of anilines is 4. The van der Waals surface area contributed by atoms with Crippen LogP contribution in [0.25, 0.3) is 11.3 Å². The Balaban J connectivity index is 1.10. The number of carbonyl (C=O) groups excluding carboxylic acids is 1. The van der Waals surface area contributed by atoms with E-state index in [1.807, 2.05) is 65.6 Å². The predicted octanol–water partition coefficient (Wildman–Crippen LogP) is 6.49. The van der Waals surface area contributed by atoms with Gasteiger partial charge in [-0.3, -0.25) is 9.78 Å². The lowest BCUT2D eigenvalue weighted by Crippen LogP contribution is -2.37. The number of methoxy groups -OCH3 is 2. The number of carbonyl (C=O) groups is 1. The summed E-state index contributed by atoms with van der Waals surface area (Å²) in [6.45, 7) is 4.30. The van der Waals surface area contributed by atoms with Gasteiger partial charge < -0.3 is 33.8 Å². The largest absolute Gasteiger partial charge is 0.497 e. The second kappa shape index (κ2) is 17.2. The maximum absolute atomic E-state index is 16.1. The third-order valence-electron chi connectivity index (χ3n) is 10.3. The van der Waals surface area contributed by atoms with Crippen LogP contribution < -0.4 is 24.2 Å². The van der Waals surface area contributed by atoms with Crippen molar-refractivity contribution in [1.29, 1.82) is 0 Å². The minimum Gasteiger partial charge on any atom is -0.497 e. The molecule has 8 rings (SSSR count). The van der Waals surface area contributed by atoms with E-state index in [2.05, 4.69) is 14.8 Å². The van der Waals surface area contributed by atoms with Crippen LogP contribution in [0.2, 0.25) is 0 Å². The molecule has 0 N–H and O–H groups in total. The maximum Gasteiger partial charge on any atom is 0.254 e. The van der Waals surface area contributed by atoms with Crippen LogP contribution in [0.5, 0.6) is 11.5 Å². The Morgan fingerprint density at radius 1 is 0.810 bits per heavy atom. The summed E-state index contributed by atoms with van der Waals surface area (Å²) in [6, 6.07) is 24.3. The smallest absolute Gasteiger partial charge is 0.254 e. The lowest BCUT2D eigenvalue weighted by atomic mass is 10.1. The first-order valence-electron chi connectivity index (χ1n) is 19.1. The van der Waals surface area contributed by atoms with E-state index in [9.17, 15) is 4.79 Å². The minimum absolute atomic E-state index is 0.259. The molecule has 2 aliphatic heterocycles. The molecule has 58 heavy (non-hydrogen) atoms. The SMILES string of the molecule is COc1ccc(CN(Cc2ccc(OC)cc2)c2ncc(-c3nc(N4CCOCC4)nc4c3CCN4c3ccc(C(=O)N(C)Cc4cccnc4)cc3F)cn2)cc1. The van der Waals surface area contributed by atoms with Gasteiger partial charge in [-0.05, 0) is 71.6 Å². The third kappa shape index (κ3) is 8.37. The Labute approximate surface area is 336 Å². The van der Waals surface area contributed by atoms with Crippen molar-refractivity contribution in [2.75, 3.05) is 68.8 Å². The zero-order chi connectivity index (χ0) is 40.0. The van der Waals surface area contributed by atoms with Crippen molar-refractivity contribution in [2.45, 2.75) is 26.1 Å². The van der Waals surface area contributed by atoms with Crippen molar-refractivity contribution < 1.29 is 23.4 Å². The number of ether oxygens (including phenoxy) is 3. The lowest BCUT2D eigenvalue weighted by Gasteiger charge is -2.28. The summed E-state index contributed by atoms with van der Waals surface area (Å²) >= 11 is 0. The molecule has 1 fully saturated rings. The van der Waals surface area contributed by atoms with Crippen LogP contribution in [-0.4, -0.2) is 89.8 Å². The average molecular weight is 782 g/mol. The molecule has 0 atom stereocenters. The summed E-state index contributed by atoms with van der Waals surface area (Å²) in [6.07, 6.45) is 7.57. The predicted molar refractivity (Wildman–Crippen MR) is 219 cm³/mol. The van der Waals surface area contributed by atoms with E-state index in [1.54, 1.807) is 63.1 Å². The molecule has 14 heteroatoms. The van der Waals surface area contributed by atoms with Crippen molar-refractivity contribution >= 4 is 29.3 Å². The number of amides is 1. The van der Waals surface area contributed by atoms with Crippen LogP contribution >= 0.6 is 0 Å². The van der Waals surface area contributed by atoms with Gasteiger partial charge in [-0.15, -0.1) is 0 Å². The molecule has 0 bridgehead atoms. The second-order valence-electron chi connectivity index (χ2n) is 14.2. The van der Waals surface area contributed by atoms with E-state index < -0.39 is 5.82 Å². The molecular weight excluding hydrogens is 738 g/mol. The molecule has 0 radical (unpaired) electrons. The molecule has 0 spiro atoms. The van der Waals surface area contributed by atoms with Crippen LogP contribution in [0.15, 0.2) is 104 Å². The number of rotatable bonds is 13. The molecule has 3 aromatic carbocycles. The molecule has 6 aromatic rings. The van der Waals surface area contributed by atoms with Crippen LogP contribution in [-0.2, 0) is 30.8 Å². The first kappa shape index (κ1) is 38.2. The minimum atomic E-state index is -0.511. The summed E-state index contributed by atoms with van der Waals surface area (Å²) in [5, 5.41) is 0. The number of aromatic nitrogens is 5. The van der Waals surface area contributed by atoms with Crippen molar-refractivity contribution in [2.24, 2.45) is 0 Å². The van der Waals surface area contributed by atoms with Crippen LogP contribution in [0, 0.1) is 5.82 Å². The summed E-state index contributed by atoms with van der Waals surface area (Å²) < 4.78 is 32.5. The van der Waals surface area contributed by atoms with Crippen LogP contribution in [0.1, 0.15) is 32.6 Å². The van der Waals surface area contributed by atoms with Gasteiger partial charge >= 0.3 is 0 Å². The molecule has 0 saturated carbocycles. The molecule has 0 unspecified atom stereocenters. The summed E-state index contributed by atoms with van der Waals surface area (Å²) in [5.41, 5.74) is 5.93. The zero-order valence-electron chi connectivity index (χ0n) is 32.7. The highest BCUT2D eigenvalue weighted by atomic mass is 19.1. The van der Waals surface area contributed by atoms with Gasteiger partial charge in [-0.1, -0.05) is 30.3 Å². The third-order valence-corrected chi connectivity index (χ3v) is 10.3. The highest BCUT2D eigenvalue weighted by Gasteiger charge is 2.31. The Morgan fingerprint density at radius 2 is 1.48 bits per heavy atom. The zero-order valence-corrected chi connectivity index (χ0v) is 32.7. The van der Waals surface area contributed by atoms with Gasteiger partial charge in [0, 0.05) is 87.8 Å². The highest BCUT2D eigenvalue weighted by Crippen LogP contribution is 2.40. The Bertz CT molecular complexity index is 2290. The van der Waals surface area contributed by atoms with Gasteiger partial charge in [0.25, 0.3) is 5.91 Å². The van der Waals surface area contributed by atoms with E-state index in [1.165, 1.54) is 6.07 Å². The van der Waals surface area contributed by atoms with Gasteiger partial charge in [-0.2, -0.15) is 4.98 Å². The number of fused-ring (bicyclic) bond motifs is 1. The molecule has 5 heterocycles. The number of nitrogens with zero attached hydrogens (tertiary/aromatic N) is 9. The highest BCUT2D eigenvalue weighted by molar-refractivity contribution is 5.94. The number of pyridine rings is 1. The fraction of sp³-hybridized carbons (Fsp3) is 0.273. The van der Waals surface area contributed by atoms with Gasteiger partial charge in [0.05, 0.1) is 38.8 Å². The summed E-state index contributed by atoms with van der Waals surface area (Å²) in [7, 11) is 5.00. The second-order valence-corrected chi connectivity index (χ2v) is 14.2. The first-order chi connectivity index (χ1) is 28.4. The van der Waals surface area contributed by atoms with Crippen molar-refractivity contribution in [3.05, 3.63) is 137 Å². The summed E-state index contributed by atoms with van der Waals surface area (Å²) in [4.78, 5) is 45.0. The molecular formula is C44H44FN9O4. The van der Waals surface area contributed by atoms with Crippen LogP contribution in [0.4, 0.5) is 27.8 Å². The average Bonchev–Trinajstić information content (AvgIpc) is 3.70. The van der Waals surface area contributed by atoms with Crippen LogP contribution in [0.3, 0.4) is 0 Å². The quantitative estimate of drug-likeness (QED) is 0.127. The van der Waals surface area contributed by atoms with Gasteiger partial charge in [-0.25, -0.2) is 19.3 Å². The first-order valence-corrected chi connectivity index (χ1v) is 19.1. The van der Waals surface area contributed by atoms with E-state index in [0.29, 0.717) is 88.0 Å². The Hall–Kier alpha value is -6.67. The fourth-order valence-electron chi connectivity index (χ4n) is 7.24. The molecule has 13 nitrogen and oxygen atoms in total. The molecule has 2 aliphatic rings. The normalized spacial score (nSPS) is 13.6. The number of halogens is 1. The number of benzene rings is 3. The van der Waals surface area contributed by atoms with E-state index >= 15 is 4.39 Å². The van der Waals surface area contributed by atoms with E-state index in [4.69, 9.17) is 34.1 Å². The Morgan fingerprint density at radius 3 is 2.09 bits per heavy atom. The van der Waals surface area contributed by atoms with Gasteiger partial charge in [0.2, 0.25) is 11.9 Å². The van der Waals surface area contributed by atoms with Crippen molar-refractivity contribution in [3.8, 4) is 22.8 Å². The Kier molecular flexibility index (Phi) is 11.3. The van der Waals surface area contributed by atoms with Crippen molar-refractivity contribution in [1.82, 2.24) is 29.8 Å². The molecule has 296 valence electrons. The topological polar surface area (TPSA) is 122 Å².